The second kappa shape index (κ2) is 10.5. The van der Waals surface area contributed by atoms with E-state index in [4.69, 9.17) is 4.84 Å². The number of nitrogens with zero attached hydrogens (tertiary/aromatic N) is 2. The first-order chi connectivity index (χ1) is 17.1. The zero-order valence-corrected chi connectivity index (χ0v) is 20.9. The summed E-state index contributed by atoms with van der Waals surface area (Å²) in [7, 11) is -3.56. The topological polar surface area (TPSA) is 134 Å². The fourth-order valence-electron chi connectivity index (χ4n) is 3.52. The van der Waals surface area contributed by atoms with Crippen molar-refractivity contribution >= 4 is 44.6 Å². The van der Waals surface area contributed by atoms with Gasteiger partial charge in [0.2, 0.25) is 10.0 Å². The number of hydrogen-bond donors (Lipinski definition) is 4. The summed E-state index contributed by atoms with van der Waals surface area (Å²) in [6, 6.07) is 9.82. The van der Waals surface area contributed by atoms with Crippen LogP contribution in [0.1, 0.15) is 47.3 Å². The number of benzene rings is 1. The van der Waals surface area contributed by atoms with Crippen molar-refractivity contribution in [2.24, 2.45) is 0 Å². The van der Waals surface area contributed by atoms with E-state index in [0.29, 0.717) is 34.6 Å². The third kappa shape index (κ3) is 6.46. The van der Waals surface area contributed by atoms with E-state index in [2.05, 4.69) is 30.8 Å². The molecular weight excluding hydrogens is 487 g/mol. The van der Waals surface area contributed by atoms with Crippen molar-refractivity contribution in [3.63, 3.8) is 0 Å². The number of sulfonamides is 1. The van der Waals surface area contributed by atoms with Crippen molar-refractivity contribution in [3.8, 4) is 0 Å². The molecule has 190 valence electrons. The number of amides is 1. The minimum Gasteiger partial charge on any atom is -0.353 e. The minimum atomic E-state index is -3.56. The van der Waals surface area contributed by atoms with Crippen LogP contribution in [-0.2, 0) is 14.9 Å². The maximum atomic E-state index is 13.6. The molecule has 0 unspecified atom stereocenters. The molecule has 0 spiro atoms. The van der Waals surface area contributed by atoms with Gasteiger partial charge in [-0.05, 0) is 62.4 Å². The van der Waals surface area contributed by atoms with Gasteiger partial charge in [-0.25, -0.2) is 28.3 Å². The number of carbonyl (C=O) groups excluding carboxylic acids is 1. The van der Waals surface area contributed by atoms with Crippen LogP contribution in [0.3, 0.4) is 0 Å². The number of nitrogens with one attached hydrogen (secondary N) is 4. The lowest BCUT2D eigenvalue weighted by molar-refractivity contribution is 0.0365. The molecule has 0 atom stereocenters. The number of anilines is 5. The first-order valence-corrected chi connectivity index (χ1v) is 13.2. The fraction of sp³-hybridized carbons (Fsp3) is 0.292. The zero-order chi connectivity index (χ0) is 25.9. The molecule has 1 saturated carbocycles. The lowest BCUT2D eigenvalue weighted by atomic mass is 10.1. The number of halogens is 1. The first kappa shape index (κ1) is 25.3. The predicted molar refractivity (Wildman–Crippen MR) is 136 cm³/mol. The van der Waals surface area contributed by atoms with Crippen LogP contribution in [0.4, 0.5) is 33.1 Å². The molecule has 2 aromatic heterocycles. The second-order valence-corrected chi connectivity index (χ2v) is 10.2. The van der Waals surface area contributed by atoms with Crippen LogP contribution in [0.5, 0.6) is 0 Å². The van der Waals surface area contributed by atoms with E-state index in [1.165, 1.54) is 18.3 Å². The lowest BCUT2D eigenvalue weighted by Gasteiger charge is -2.17. The number of hydrogen-bond acceptors (Lipinski definition) is 8. The highest BCUT2D eigenvalue weighted by Crippen LogP contribution is 2.42. The highest BCUT2D eigenvalue weighted by atomic mass is 32.2. The molecule has 1 amide bonds. The molecule has 2 heterocycles. The Labute approximate surface area is 208 Å². The third-order valence-corrected chi connectivity index (χ3v) is 5.98. The summed E-state index contributed by atoms with van der Waals surface area (Å²) in [4.78, 5) is 26.2. The van der Waals surface area contributed by atoms with Crippen molar-refractivity contribution in [1.29, 1.82) is 0 Å². The molecule has 1 aromatic carbocycles. The van der Waals surface area contributed by atoms with Gasteiger partial charge in [0, 0.05) is 12.3 Å². The van der Waals surface area contributed by atoms with E-state index < -0.39 is 21.7 Å². The summed E-state index contributed by atoms with van der Waals surface area (Å²) in [6.07, 6.45) is 4.54. The molecular formula is C24H27FN6O4S. The van der Waals surface area contributed by atoms with Gasteiger partial charge >= 0.3 is 0 Å². The van der Waals surface area contributed by atoms with Gasteiger partial charge in [0.1, 0.15) is 17.5 Å². The Morgan fingerprint density at radius 1 is 1.08 bits per heavy atom. The van der Waals surface area contributed by atoms with E-state index in [0.717, 1.165) is 24.7 Å². The molecule has 1 aliphatic carbocycles. The molecule has 4 N–H and O–H groups in total. The van der Waals surface area contributed by atoms with Crippen LogP contribution >= 0.6 is 0 Å². The van der Waals surface area contributed by atoms with Crippen molar-refractivity contribution < 1.29 is 22.4 Å². The molecule has 0 radical (unpaired) electrons. The number of carbonyl (C=O) groups is 1. The van der Waals surface area contributed by atoms with E-state index in [9.17, 15) is 17.6 Å². The zero-order valence-electron chi connectivity index (χ0n) is 20.1. The quantitative estimate of drug-likeness (QED) is 0.294. The van der Waals surface area contributed by atoms with Crippen LogP contribution in [0.15, 0.2) is 42.6 Å². The van der Waals surface area contributed by atoms with Crippen LogP contribution in [-0.4, -0.2) is 37.2 Å². The van der Waals surface area contributed by atoms with Gasteiger partial charge < -0.3 is 10.6 Å². The molecule has 36 heavy (non-hydrogen) atoms. The summed E-state index contributed by atoms with van der Waals surface area (Å²) < 4.78 is 40.2. The maximum Gasteiger partial charge on any atom is 0.278 e. The van der Waals surface area contributed by atoms with Gasteiger partial charge in [0.05, 0.1) is 41.2 Å². The Hall–Kier alpha value is -3.77. The normalized spacial score (nSPS) is 13.2. The minimum absolute atomic E-state index is 0.161. The largest absolute Gasteiger partial charge is 0.353 e. The summed E-state index contributed by atoms with van der Waals surface area (Å²) in [5, 5.41) is 6.14. The summed E-state index contributed by atoms with van der Waals surface area (Å²) in [5.74, 6) is 0.138. The van der Waals surface area contributed by atoms with Crippen LogP contribution < -0.4 is 20.8 Å². The SMILES string of the molecule is CCONC(=O)c1cnc(Nc2ccc(F)c(C)n2)cc1Nc1ccc(C2CC2)cc1NS(C)(=O)=O. The van der Waals surface area contributed by atoms with Gasteiger partial charge in [-0.2, -0.15) is 0 Å². The Kier molecular flexibility index (Phi) is 7.36. The molecule has 1 fully saturated rings. The maximum absolute atomic E-state index is 13.6. The van der Waals surface area contributed by atoms with Crippen molar-refractivity contribution in [1.82, 2.24) is 15.4 Å². The van der Waals surface area contributed by atoms with Crippen molar-refractivity contribution in [2.75, 3.05) is 28.2 Å². The number of aryl methyl sites for hydroxylation is 1. The highest BCUT2D eigenvalue weighted by Gasteiger charge is 2.25. The van der Waals surface area contributed by atoms with E-state index in [1.54, 1.807) is 32.0 Å². The fourth-order valence-corrected chi connectivity index (χ4v) is 4.08. The molecule has 0 bridgehead atoms. The number of pyridine rings is 2. The Morgan fingerprint density at radius 2 is 1.86 bits per heavy atom. The van der Waals surface area contributed by atoms with Crippen LogP contribution in [0.2, 0.25) is 0 Å². The molecule has 0 saturated heterocycles. The van der Waals surface area contributed by atoms with Gasteiger partial charge in [-0.1, -0.05) is 6.07 Å². The van der Waals surface area contributed by atoms with Crippen molar-refractivity contribution in [2.45, 2.75) is 32.6 Å². The van der Waals surface area contributed by atoms with E-state index in [1.807, 2.05) is 6.07 Å². The first-order valence-electron chi connectivity index (χ1n) is 11.3. The van der Waals surface area contributed by atoms with Gasteiger partial charge in [0.25, 0.3) is 5.91 Å². The number of rotatable bonds is 10. The van der Waals surface area contributed by atoms with Gasteiger partial charge in [0.15, 0.2) is 0 Å². The lowest BCUT2D eigenvalue weighted by Crippen LogP contribution is -2.24. The average molecular weight is 515 g/mol. The summed E-state index contributed by atoms with van der Waals surface area (Å²) >= 11 is 0. The molecule has 3 aromatic rings. The molecule has 10 nitrogen and oxygen atoms in total. The highest BCUT2D eigenvalue weighted by molar-refractivity contribution is 7.92. The third-order valence-electron chi connectivity index (χ3n) is 5.39. The van der Waals surface area contributed by atoms with E-state index in [-0.39, 0.29) is 17.9 Å². The Bertz CT molecular complexity index is 1400. The summed E-state index contributed by atoms with van der Waals surface area (Å²) in [5.41, 5.74) is 4.90. The van der Waals surface area contributed by atoms with Crippen LogP contribution in [0, 0.1) is 12.7 Å². The smallest absolute Gasteiger partial charge is 0.278 e. The predicted octanol–water partition coefficient (Wildman–Crippen LogP) is 4.34. The van der Waals surface area contributed by atoms with Crippen molar-refractivity contribution in [3.05, 3.63) is 65.2 Å². The summed E-state index contributed by atoms with van der Waals surface area (Å²) in [6.45, 7) is 3.54. The molecule has 1 aliphatic rings. The number of hydroxylamine groups is 1. The Morgan fingerprint density at radius 3 is 2.53 bits per heavy atom. The van der Waals surface area contributed by atoms with Crippen LogP contribution in [0.25, 0.3) is 0 Å². The molecule has 4 rings (SSSR count). The molecule has 12 heteroatoms. The van der Waals surface area contributed by atoms with Gasteiger partial charge in [-0.3, -0.25) is 14.4 Å². The monoisotopic (exact) mass is 514 g/mol. The average Bonchev–Trinajstić information content (AvgIpc) is 3.66. The number of aromatic nitrogens is 2. The Balaban J connectivity index is 1.71. The molecule has 0 aliphatic heterocycles. The van der Waals surface area contributed by atoms with Gasteiger partial charge in [-0.15, -0.1) is 0 Å². The van der Waals surface area contributed by atoms with E-state index >= 15 is 0 Å². The second-order valence-electron chi connectivity index (χ2n) is 8.45. The standard InChI is InChI=1S/C24H27FN6O4S/c1-4-35-30-24(32)17-13-26-23(29-22-10-8-18(25)14(2)27-22)12-20(17)28-19-9-7-16(15-5-6-15)11-21(19)31-36(3,33)34/h7-13,15,31H,4-6H2,1-3H3,(H,30,32)(H2,26,27,28,29).